The summed E-state index contributed by atoms with van der Waals surface area (Å²) in [5.41, 5.74) is 1.74. The van der Waals surface area contributed by atoms with Crippen molar-refractivity contribution < 1.29 is 9.52 Å². The number of benzene rings is 1. The SMILES string of the molecule is C[C@H](O)CN1CCN(Cc2coc(-c3ccccc3Cl)n2)CC1. The number of aliphatic hydroxyl groups excluding tert-OH is 1. The van der Waals surface area contributed by atoms with Gasteiger partial charge < -0.3 is 9.52 Å². The number of aliphatic hydroxyl groups is 1. The van der Waals surface area contributed by atoms with Crippen molar-refractivity contribution in [2.24, 2.45) is 0 Å². The highest BCUT2D eigenvalue weighted by molar-refractivity contribution is 6.33. The summed E-state index contributed by atoms with van der Waals surface area (Å²) in [5.74, 6) is 0.568. The summed E-state index contributed by atoms with van der Waals surface area (Å²) in [6.45, 7) is 7.24. The Kier molecular flexibility index (Phi) is 5.33. The summed E-state index contributed by atoms with van der Waals surface area (Å²) in [7, 11) is 0. The van der Waals surface area contributed by atoms with Crippen LogP contribution >= 0.6 is 11.6 Å². The van der Waals surface area contributed by atoms with E-state index in [0.717, 1.165) is 50.5 Å². The van der Waals surface area contributed by atoms with E-state index in [1.807, 2.05) is 31.2 Å². The number of piperazine rings is 1. The molecule has 0 aliphatic carbocycles. The van der Waals surface area contributed by atoms with Crippen LogP contribution < -0.4 is 0 Å². The second kappa shape index (κ2) is 7.45. The van der Waals surface area contributed by atoms with Crippen LogP contribution in [0.4, 0.5) is 0 Å². The molecule has 0 radical (unpaired) electrons. The minimum atomic E-state index is -0.268. The van der Waals surface area contributed by atoms with E-state index in [9.17, 15) is 5.11 Å². The van der Waals surface area contributed by atoms with Crippen molar-refractivity contribution in [2.45, 2.75) is 19.6 Å². The molecule has 1 atom stereocenters. The van der Waals surface area contributed by atoms with Gasteiger partial charge in [0.2, 0.25) is 5.89 Å². The number of hydrogen-bond acceptors (Lipinski definition) is 5. The third-order valence-electron chi connectivity index (χ3n) is 4.03. The molecule has 1 fully saturated rings. The quantitative estimate of drug-likeness (QED) is 0.909. The van der Waals surface area contributed by atoms with Crippen LogP contribution in [0.25, 0.3) is 11.5 Å². The van der Waals surface area contributed by atoms with Crippen molar-refractivity contribution in [3.8, 4) is 11.5 Å². The normalized spacial score (nSPS) is 18.2. The van der Waals surface area contributed by atoms with E-state index >= 15 is 0 Å². The molecular formula is C17H22ClN3O2. The Morgan fingerprint density at radius 1 is 1.22 bits per heavy atom. The molecule has 1 saturated heterocycles. The van der Waals surface area contributed by atoms with E-state index in [4.69, 9.17) is 16.0 Å². The topological polar surface area (TPSA) is 52.7 Å². The summed E-state index contributed by atoms with van der Waals surface area (Å²) in [6.07, 6.45) is 1.44. The number of halogens is 1. The fraction of sp³-hybridized carbons (Fsp3) is 0.471. The molecule has 124 valence electrons. The summed E-state index contributed by atoms with van der Waals surface area (Å²) in [6, 6.07) is 7.56. The first-order valence-electron chi connectivity index (χ1n) is 7.94. The Balaban J connectivity index is 1.57. The Morgan fingerprint density at radius 2 is 1.91 bits per heavy atom. The molecule has 1 aromatic heterocycles. The zero-order valence-electron chi connectivity index (χ0n) is 13.3. The van der Waals surface area contributed by atoms with E-state index in [0.29, 0.717) is 10.9 Å². The maximum absolute atomic E-state index is 9.45. The molecule has 1 aliphatic heterocycles. The zero-order valence-corrected chi connectivity index (χ0v) is 14.0. The monoisotopic (exact) mass is 335 g/mol. The average molecular weight is 336 g/mol. The molecule has 0 unspecified atom stereocenters. The first-order chi connectivity index (χ1) is 11.1. The molecular weight excluding hydrogens is 314 g/mol. The maximum Gasteiger partial charge on any atom is 0.227 e. The zero-order chi connectivity index (χ0) is 16.2. The Bertz CT molecular complexity index is 636. The van der Waals surface area contributed by atoms with E-state index < -0.39 is 0 Å². The number of nitrogens with zero attached hydrogens (tertiary/aromatic N) is 3. The summed E-state index contributed by atoms with van der Waals surface area (Å²) < 4.78 is 5.58. The number of rotatable bonds is 5. The maximum atomic E-state index is 9.45. The van der Waals surface area contributed by atoms with E-state index in [1.54, 1.807) is 6.26 Å². The van der Waals surface area contributed by atoms with Crippen molar-refractivity contribution in [1.82, 2.24) is 14.8 Å². The number of oxazole rings is 1. The van der Waals surface area contributed by atoms with Crippen molar-refractivity contribution in [3.05, 3.63) is 41.2 Å². The lowest BCUT2D eigenvalue weighted by molar-refractivity contribution is 0.0776. The molecule has 3 rings (SSSR count). The van der Waals surface area contributed by atoms with Gasteiger partial charge in [-0.15, -0.1) is 0 Å². The van der Waals surface area contributed by atoms with Gasteiger partial charge in [-0.25, -0.2) is 4.98 Å². The number of β-amino-alcohol motifs (C(OH)–C–C–N with tert-alkyl or cyclic N) is 1. The Morgan fingerprint density at radius 3 is 2.61 bits per heavy atom. The smallest absolute Gasteiger partial charge is 0.227 e. The Hall–Kier alpha value is -1.40. The molecule has 1 aromatic carbocycles. The molecule has 0 saturated carbocycles. The van der Waals surface area contributed by atoms with Gasteiger partial charge in [0, 0.05) is 39.3 Å². The van der Waals surface area contributed by atoms with Crippen molar-refractivity contribution >= 4 is 11.6 Å². The average Bonchev–Trinajstić information content (AvgIpc) is 2.97. The molecule has 0 amide bonds. The molecule has 1 aliphatic rings. The third-order valence-corrected chi connectivity index (χ3v) is 4.36. The standard InChI is InChI=1S/C17H22ClN3O2/c1-13(22)10-20-6-8-21(9-7-20)11-14-12-23-17(19-14)15-4-2-3-5-16(15)18/h2-5,12-13,22H,6-11H2,1H3/t13-/m0/s1. The lowest BCUT2D eigenvalue weighted by atomic mass is 10.2. The van der Waals surface area contributed by atoms with Crippen LogP contribution in [0.3, 0.4) is 0 Å². The van der Waals surface area contributed by atoms with Crippen LogP contribution in [-0.4, -0.2) is 58.7 Å². The van der Waals surface area contributed by atoms with E-state index in [1.165, 1.54) is 0 Å². The predicted octanol–water partition coefficient (Wildman–Crippen LogP) is 2.49. The largest absolute Gasteiger partial charge is 0.444 e. The van der Waals surface area contributed by atoms with Crippen LogP contribution in [0.5, 0.6) is 0 Å². The summed E-state index contributed by atoms with van der Waals surface area (Å²) in [4.78, 5) is 9.20. The summed E-state index contributed by atoms with van der Waals surface area (Å²) >= 11 is 6.18. The van der Waals surface area contributed by atoms with Crippen LogP contribution in [-0.2, 0) is 6.54 Å². The Labute approximate surface area is 141 Å². The second-order valence-electron chi connectivity index (χ2n) is 6.05. The number of hydrogen-bond donors (Lipinski definition) is 1. The lowest BCUT2D eigenvalue weighted by Crippen LogP contribution is -2.47. The molecule has 2 aromatic rings. The van der Waals surface area contributed by atoms with Crippen LogP contribution in [0.15, 0.2) is 34.9 Å². The van der Waals surface area contributed by atoms with Crippen LogP contribution in [0.1, 0.15) is 12.6 Å². The highest BCUT2D eigenvalue weighted by atomic mass is 35.5. The highest BCUT2D eigenvalue weighted by Gasteiger charge is 2.19. The van der Waals surface area contributed by atoms with Crippen molar-refractivity contribution in [2.75, 3.05) is 32.7 Å². The molecule has 23 heavy (non-hydrogen) atoms. The van der Waals surface area contributed by atoms with Gasteiger partial charge in [0.05, 0.1) is 22.4 Å². The van der Waals surface area contributed by atoms with Gasteiger partial charge in [-0.05, 0) is 19.1 Å². The number of aromatic nitrogens is 1. The highest BCUT2D eigenvalue weighted by Crippen LogP contribution is 2.27. The van der Waals surface area contributed by atoms with Crippen LogP contribution in [0.2, 0.25) is 5.02 Å². The van der Waals surface area contributed by atoms with Gasteiger partial charge in [0.1, 0.15) is 6.26 Å². The second-order valence-corrected chi connectivity index (χ2v) is 6.46. The van der Waals surface area contributed by atoms with Crippen LogP contribution in [0, 0.1) is 0 Å². The van der Waals surface area contributed by atoms with Gasteiger partial charge in [-0.2, -0.15) is 0 Å². The molecule has 5 nitrogen and oxygen atoms in total. The molecule has 1 N–H and O–H groups in total. The third kappa shape index (κ3) is 4.32. The molecule has 6 heteroatoms. The first-order valence-corrected chi connectivity index (χ1v) is 8.31. The van der Waals surface area contributed by atoms with E-state index in [-0.39, 0.29) is 6.10 Å². The van der Waals surface area contributed by atoms with Crippen molar-refractivity contribution in [3.63, 3.8) is 0 Å². The van der Waals surface area contributed by atoms with Gasteiger partial charge in [0.15, 0.2) is 0 Å². The van der Waals surface area contributed by atoms with Gasteiger partial charge in [-0.3, -0.25) is 9.80 Å². The molecule has 2 heterocycles. The minimum absolute atomic E-state index is 0.268. The van der Waals surface area contributed by atoms with Gasteiger partial charge >= 0.3 is 0 Å². The fourth-order valence-electron chi connectivity index (χ4n) is 2.87. The first kappa shape index (κ1) is 16.5. The molecule has 0 bridgehead atoms. The lowest BCUT2D eigenvalue weighted by Gasteiger charge is -2.34. The van der Waals surface area contributed by atoms with Crippen molar-refractivity contribution in [1.29, 1.82) is 0 Å². The van der Waals surface area contributed by atoms with Gasteiger partial charge in [0.25, 0.3) is 0 Å². The van der Waals surface area contributed by atoms with Gasteiger partial charge in [-0.1, -0.05) is 23.7 Å². The minimum Gasteiger partial charge on any atom is -0.444 e. The predicted molar refractivity (Wildman–Crippen MR) is 90.3 cm³/mol. The summed E-state index contributed by atoms with van der Waals surface area (Å²) in [5, 5.41) is 10.1. The van der Waals surface area contributed by atoms with E-state index in [2.05, 4.69) is 14.8 Å². The molecule has 0 spiro atoms. The fourth-order valence-corrected chi connectivity index (χ4v) is 3.09.